The summed E-state index contributed by atoms with van der Waals surface area (Å²) in [6.45, 7) is 0.874. The maximum absolute atomic E-state index is 12.5. The molecule has 0 atom stereocenters. The van der Waals surface area contributed by atoms with Gasteiger partial charge in [-0.15, -0.1) is 10.2 Å². The van der Waals surface area contributed by atoms with Crippen LogP contribution in [0, 0.1) is 0 Å². The lowest BCUT2D eigenvalue weighted by molar-refractivity contribution is -0.119. The van der Waals surface area contributed by atoms with Gasteiger partial charge in [0, 0.05) is 12.1 Å². The molecule has 33 heavy (non-hydrogen) atoms. The van der Waals surface area contributed by atoms with E-state index in [4.69, 9.17) is 9.47 Å². The first-order valence-electron chi connectivity index (χ1n) is 11.4. The van der Waals surface area contributed by atoms with Crippen molar-refractivity contribution < 1.29 is 14.3 Å². The van der Waals surface area contributed by atoms with Crippen LogP contribution in [0.2, 0.25) is 0 Å². The lowest BCUT2D eigenvalue weighted by atomic mass is 9.95. The number of carbonyl (C=O) groups excluding carboxylic acids is 1. The lowest BCUT2D eigenvalue weighted by Crippen LogP contribution is -2.37. The molecule has 0 aliphatic heterocycles. The molecule has 1 aliphatic rings. The molecule has 2 aromatic carbocycles. The molecule has 1 aromatic heterocycles. The van der Waals surface area contributed by atoms with Crippen LogP contribution in [0.5, 0.6) is 11.5 Å². The molecule has 1 fully saturated rings. The topological polar surface area (TPSA) is 78.3 Å². The van der Waals surface area contributed by atoms with Crippen molar-refractivity contribution in [3.8, 4) is 11.5 Å². The number of nitrogens with zero attached hydrogens (tertiary/aromatic N) is 3. The van der Waals surface area contributed by atoms with Gasteiger partial charge < -0.3 is 14.8 Å². The molecule has 1 amide bonds. The van der Waals surface area contributed by atoms with Crippen molar-refractivity contribution in [1.29, 1.82) is 0 Å². The zero-order chi connectivity index (χ0) is 22.9. The summed E-state index contributed by atoms with van der Waals surface area (Å²) in [6, 6.07) is 17.9. The van der Waals surface area contributed by atoms with Gasteiger partial charge in [-0.3, -0.25) is 9.36 Å². The zero-order valence-electron chi connectivity index (χ0n) is 18.9. The summed E-state index contributed by atoms with van der Waals surface area (Å²) < 4.78 is 13.3. The number of hydrogen-bond acceptors (Lipinski definition) is 6. The SMILES string of the molecule is COc1cccc(OCc2nnc(SCC(=O)NC3CCCCC3)n2Cc2ccccc2)c1. The van der Waals surface area contributed by atoms with Gasteiger partial charge in [0.2, 0.25) is 5.91 Å². The highest BCUT2D eigenvalue weighted by atomic mass is 32.2. The number of aromatic nitrogens is 3. The molecule has 8 heteroatoms. The molecular formula is C25H30N4O3S. The predicted octanol–water partition coefficient (Wildman–Crippen LogP) is 4.46. The Morgan fingerprint density at radius 3 is 2.64 bits per heavy atom. The summed E-state index contributed by atoms with van der Waals surface area (Å²) in [5.74, 6) is 2.51. The molecule has 0 radical (unpaired) electrons. The summed E-state index contributed by atoms with van der Waals surface area (Å²) in [6.07, 6.45) is 5.81. The quantitative estimate of drug-likeness (QED) is 0.445. The molecule has 0 unspecified atom stereocenters. The Hall–Kier alpha value is -3.00. The van der Waals surface area contributed by atoms with Crippen LogP contribution >= 0.6 is 11.8 Å². The fourth-order valence-corrected chi connectivity index (χ4v) is 4.71. The number of carbonyl (C=O) groups is 1. The minimum Gasteiger partial charge on any atom is -0.497 e. The second kappa shape index (κ2) is 11.7. The Labute approximate surface area is 198 Å². The Kier molecular flexibility index (Phi) is 8.24. The van der Waals surface area contributed by atoms with E-state index in [9.17, 15) is 4.79 Å². The molecule has 7 nitrogen and oxygen atoms in total. The monoisotopic (exact) mass is 466 g/mol. The van der Waals surface area contributed by atoms with Gasteiger partial charge in [0.25, 0.3) is 0 Å². The third-order valence-electron chi connectivity index (χ3n) is 5.69. The Bertz CT molecular complexity index is 1040. The van der Waals surface area contributed by atoms with Gasteiger partial charge in [-0.25, -0.2) is 0 Å². The van der Waals surface area contributed by atoms with Gasteiger partial charge >= 0.3 is 0 Å². The molecule has 0 spiro atoms. The largest absolute Gasteiger partial charge is 0.497 e. The molecule has 174 valence electrons. The van der Waals surface area contributed by atoms with Gasteiger partial charge in [-0.2, -0.15) is 0 Å². The molecule has 1 aliphatic carbocycles. The number of ether oxygens (including phenoxy) is 2. The van der Waals surface area contributed by atoms with Crippen LogP contribution in [0.4, 0.5) is 0 Å². The fourth-order valence-electron chi connectivity index (χ4n) is 3.94. The van der Waals surface area contributed by atoms with Crippen molar-refractivity contribution in [2.45, 2.75) is 56.5 Å². The number of hydrogen-bond donors (Lipinski definition) is 1. The third-order valence-corrected chi connectivity index (χ3v) is 6.66. The second-order valence-corrected chi connectivity index (χ2v) is 9.07. The molecule has 3 aromatic rings. The minimum absolute atomic E-state index is 0.0512. The standard InChI is InChI=1S/C25H30N4O3S/c1-31-21-13-8-14-22(15-21)32-17-23-27-28-25(29(23)16-19-9-4-2-5-10-19)33-18-24(30)26-20-11-6-3-7-12-20/h2,4-5,8-10,13-15,20H,3,6-7,11-12,16-18H2,1H3,(H,26,30). The summed E-state index contributed by atoms with van der Waals surface area (Å²) in [5.41, 5.74) is 1.13. The van der Waals surface area contributed by atoms with Crippen molar-refractivity contribution in [3.63, 3.8) is 0 Å². The summed E-state index contributed by atoms with van der Waals surface area (Å²) in [4.78, 5) is 12.5. The Morgan fingerprint density at radius 2 is 1.85 bits per heavy atom. The average molecular weight is 467 g/mol. The maximum atomic E-state index is 12.5. The van der Waals surface area contributed by atoms with E-state index in [0.717, 1.165) is 24.2 Å². The van der Waals surface area contributed by atoms with E-state index >= 15 is 0 Å². The Balaban J connectivity index is 1.43. The number of nitrogens with one attached hydrogen (secondary N) is 1. The van der Waals surface area contributed by atoms with Crippen LogP contribution in [-0.2, 0) is 17.9 Å². The Morgan fingerprint density at radius 1 is 1.06 bits per heavy atom. The first-order chi connectivity index (χ1) is 16.2. The van der Waals surface area contributed by atoms with Crippen molar-refractivity contribution in [2.24, 2.45) is 0 Å². The number of rotatable bonds is 10. The summed E-state index contributed by atoms with van der Waals surface area (Å²) in [7, 11) is 1.63. The number of thioether (sulfide) groups is 1. The van der Waals surface area contributed by atoms with Crippen molar-refractivity contribution in [2.75, 3.05) is 12.9 Å². The predicted molar refractivity (Wildman–Crippen MR) is 129 cm³/mol. The molecule has 1 N–H and O–H groups in total. The summed E-state index contributed by atoms with van der Waals surface area (Å²) in [5, 5.41) is 12.6. The zero-order valence-corrected chi connectivity index (χ0v) is 19.7. The van der Waals surface area contributed by atoms with Crippen LogP contribution in [0.15, 0.2) is 59.8 Å². The van der Waals surface area contributed by atoms with E-state index in [1.807, 2.05) is 47.0 Å². The van der Waals surface area contributed by atoms with Crippen molar-refractivity contribution in [3.05, 3.63) is 66.0 Å². The van der Waals surface area contributed by atoms with E-state index in [-0.39, 0.29) is 12.5 Å². The fraction of sp³-hybridized carbons (Fsp3) is 0.400. The van der Waals surface area contributed by atoms with E-state index in [1.165, 1.54) is 31.0 Å². The first-order valence-corrected chi connectivity index (χ1v) is 12.3. The molecule has 4 rings (SSSR count). The number of benzene rings is 2. The van der Waals surface area contributed by atoms with Crippen LogP contribution < -0.4 is 14.8 Å². The highest BCUT2D eigenvalue weighted by molar-refractivity contribution is 7.99. The molecule has 0 bridgehead atoms. The van der Waals surface area contributed by atoms with Crippen molar-refractivity contribution >= 4 is 17.7 Å². The van der Waals surface area contributed by atoms with Gasteiger partial charge in [0.15, 0.2) is 11.0 Å². The van der Waals surface area contributed by atoms with E-state index in [2.05, 4.69) is 27.6 Å². The van der Waals surface area contributed by atoms with Gasteiger partial charge in [0.05, 0.1) is 19.4 Å². The highest BCUT2D eigenvalue weighted by Crippen LogP contribution is 2.23. The minimum atomic E-state index is 0.0512. The number of methoxy groups -OCH3 is 1. The van der Waals surface area contributed by atoms with Gasteiger partial charge in [-0.1, -0.05) is 67.4 Å². The molecule has 0 saturated heterocycles. The third kappa shape index (κ3) is 6.74. The number of amides is 1. The average Bonchev–Trinajstić information content (AvgIpc) is 3.24. The molecule has 1 heterocycles. The van der Waals surface area contributed by atoms with Crippen LogP contribution in [-0.4, -0.2) is 39.6 Å². The van der Waals surface area contributed by atoms with Crippen molar-refractivity contribution in [1.82, 2.24) is 20.1 Å². The smallest absolute Gasteiger partial charge is 0.230 e. The van der Waals surface area contributed by atoms with E-state index in [1.54, 1.807) is 7.11 Å². The van der Waals surface area contributed by atoms with Crippen LogP contribution in [0.3, 0.4) is 0 Å². The lowest BCUT2D eigenvalue weighted by Gasteiger charge is -2.22. The van der Waals surface area contributed by atoms with Crippen LogP contribution in [0.1, 0.15) is 43.5 Å². The van der Waals surface area contributed by atoms with Gasteiger partial charge in [-0.05, 0) is 30.5 Å². The highest BCUT2D eigenvalue weighted by Gasteiger charge is 2.18. The molecule has 1 saturated carbocycles. The van der Waals surface area contributed by atoms with Crippen LogP contribution in [0.25, 0.3) is 0 Å². The van der Waals surface area contributed by atoms with Gasteiger partial charge in [0.1, 0.15) is 18.1 Å². The molecular weight excluding hydrogens is 436 g/mol. The van der Waals surface area contributed by atoms with E-state index < -0.39 is 0 Å². The second-order valence-electron chi connectivity index (χ2n) is 8.13. The summed E-state index contributed by atoms with van der Waals surface area (Å²) >= 11 is 1.41. The maximum Gasteiger partial charge on any atom is 0.230 e. The normalized spacial score (nSPS) is 14.1. The first kappa shape index (κ1) is 23.2. The van der Waals surface area contributed by atoms with E-state index in [0.29, 0.717) is 35.1 Å².